The summed E-state index contributed by atoms with van der Waals surface area (Å²) in [6.07, 6.45) is 1.76. The van der Waals surface area contributed by atoms with Gasteiger partial charge in [0.15, 0.2) is 0 Å². The second-order valence-electron chi connectivity index (χ2n) is 18.7. The second-order valence-corrected chi connectivity index (χ2v) is 21.0. The SMILES string of the molecule is CCC(C)(c1ccccc1)c1cc(C(C)(C)c2ccccc2)ccc1OP1OCC2(CO1)COP(Oc1ccc(C(C)(C)c3ccccc3)cc1C(C)(CC)c1ccccc1)OC2. The van der Waals surface area contributed by atoms with Gasteiger partial charge in [0.2, 0.25) is 0 Å². The van der Waals surface area contributed by atoms with Gasteiger partial charge in [0.25, 0.3) is 0 Å². The van der Waals surface area contributed by atoms with Gasteiger partial charge in [-0.15, -0.1) is 0 Å². The molecule has 6 nitrogen and oxygen atoms in total. The number of rotatable bonds is 14. The Morgan fingerprint density at radius 2 is 0.714 bits per heavy atom. The molecule has 0 saturated carbocycles. The van der Waals surface area contributed by atoms with Gasteiger partial charge in [-0.25, -0.2) is 0 Å². The van der Waals surface area contributed by atoms with Crippen LogP contribution in [0.15, 0.2) is 158 Å². The van der Waals surface area contributed by atoms with Crippen molar-refractivity contribution in [3.05, 3.63) is 202 Å². The van der Waals surface area contributed by atoms with Gasteiger partial charge in [-0.1, -0.05) is 201 Å². The predicted molar refractivity (Wildman–Crippen MR) is 258 cm³/mol. The lowest BCUT2D eigenvalue weighted by Gasteiger charge is -2.42. The van der Waals surface area contributed by atoms with E-state index in [9.17, 15) is 0 Å². The third kappa shape index (κ3) is 9.14. The molecule has 0 bridgehead atoms. The number of benzene rings is 6. The van der Waals surface area contributed by atoms with Gasteiger partial charge >= 0.3 is 17.2 Å². The molecule has 8 heteroatoms. The van der Waals surface area contributed by atoms with Crippen LogP contribution in [0.25, 0.3) is 0 Å². The molecular formula is C55H62O6P2. The molecule has 2 unspecified atom stereocenters. The molecule has 2 aliphatic heterocycles. The first-order valence-corrected chi connectivity index (χ1v) is 24.5. The molecular weight excluding hydrogens is 819 g/mol. The fourth-order valence-corrected chi connectivity index (χ4v) is 11.5. The minimum absolute atomic E-state index is 0.221. The first-order chi connectivity index (χ1) is 30.3. The minimum atomic E-state index is -1.68. The van der Waals surface area contributed by atoms with Crippen LogP contribution in [0.2, 0.25) is 0 Å². The fourth-order valence-electron chi connectivity index (χ4n) is 8.96. The van der Waals surface area contributed by atoms with Gasteiger partial charge in [0, 0.05) is 32.8 Å². The molecule has 0 aromatic heterocycles. The third-order valence-electron chi connectivity index (χ3n) is 14.1. The van der Waals surface area contributed by atoms with Crippen LogP contribution in [0, 0.1) is 5.41 Å². The van der Waals surface area contributed by atoms with Gasteiger partial charge in [-0.05, 0) is 58.4 Å². The molecule has 63 heavy (non-hydrogen) atoms. The first-order valence-electron chi connectivity index (χ1n) is 22.3. The molecule has 0 amide bonds. The van der Waals surface area contributed by atoms with Crippen LogP contribution in [-0.4, -0.2) is 26.4 Å². The van der Waals surface area contributed by atoms with Gasteiger partial charge in [0.1, 0.15) is 11.5 Å². The summed E-state index contributed by atoms with van der Waals surface area (Å²) in [5.41, 5.74) is 8.10. The summed E-state index contributed by atoms with van der Waals surface area (Å²) in [4.78, 5) is 0. The molecule has 0 N–H and O–H groups in total. The zero-order chi connectivity index (χ0) is 44.3. The average molecular weight is 881 g/mol. The van der Waals surface area contributed by atoms with E-state index in [1.807, 2.05) is 0 Å². The van der Waals surface area contributed by atoms with Crippen LogP contribution >= 0.6 is 17.2 Å². The van der Waals surface area contributed by atoms with Crippen molar-refractivity contribution < 1.29 is 27.1 Å². The van der Waals surface area contributed by atoms with E-state index in [2.05, 4.69) is 213 Å². The zero-order valence-electron chi connectivity index (χ0n) is 38.1. The van der Waals surface area contributed by atoms with Gasteiger partial charge in [0.05, 0.1) is 31.8 Å². The van der Waals surface area contributed by atoms with E-state index in [-0.39, 0.29) is 21.7 Å². The molecule has 2 fully saturated rings. The smallest absolute Gasteiger partial charge is 0.397 e. The van der Waals surface area contributed by atoms with Crippen LogP contribution in [0.4, 0.5) is 0 Å². The summed E-state index contributed by atoms with van der Waals surface area (Å²) in [7, 11) is -3.35. The van der Waals surface area contributed by atoms with Crippen molar-refractivity contribution >= 4 is 17.2 Å². The lowest BCUT2D eigenvalue weighted by atomic mass is 9.71. The van der Waals surface area contributed by atoms with E-state index in [0.29, 0.717) is 26.4 Å². The summed E-state index contributed by atoms with van der Waals surface area (Å²) in [6, 6.07) is 56.0. The molecule has 0 radical (unpaired) electrons. The van der Waals surface area contributed by atoms with E-state index in [1.54, 1.807) is 0 Å². The lowest BCUT2D eigenvalue weighted by molar-refractivity contribution is -0.0673. The van der Waals surface area contributed by atoms with Crippen LogP contribution in [0.5, 0.6) is 11.5 Å². The summed E-state index contributed by atoms with van der Waals surface area (Å²) in [5, 5.41) is 0. The molecule has 2 heterocycles. The normalized spacial score (nSPS) is 21.3. The highest BCUT2D eigenvalue weighted by atomic mass is 31.2. The number of hydrogen-bond acceptors (Lipinski definition) is 6. The highest BCUT2D eigenvalue weighted by molar-refractivity contribution is 7.42. The Bertz CT molecular complexity index is 2250. The maximum absolute atomic E-state index is 6.74. The van der Waals surface area contributed by atoms with Crippen molar-refractivity contribution in [2.24, 2.45) is 5.41 Å². The Morgan fingerprint density at radius 1 is 0.413 bits per heavy atom. The van der Waals surface area contributed by atoms with Gasteiger partial charge < -0.3 is 27.1 Å². The molecule has 1 spiro atoms. The second kappa shape index (κ2) is 18.6. The average Bonchev–Trinajstić information content (AvgIpc) is 3.33. The van der Waals surface area contributed by atoms with E-state index in [0.717, 1.165) is 35.5 Å². The van der Waals surface area contributed by atoms with E-state index < -0.39 is 22.6 Å². The van der Waals surface area contributed by atoms with Crippen molar-refractivity contribution in [2.75, 3.05) is 26.4 Å². The molecule has 2 saturated heterocycles. The van der Waals surface area contributed by atoms with E-state index in [1.165, 1.54) is 33.4 Å². The van der Waals surface area contributed by atoms with Crippen molar-refractivity contribution in [3.63, 3.8) is 0 Å². The standard InChI is InChI=1S/C55H62O6P2/c1-9-53(7,43-27-19-13-20-28-43)47-35-45(51(3,4)41-23-15-11-16-24-41)31-33-49(47)60-62-56-37-55(38-57-62)39-58-63(59-40-55)61-50-34-32-46(52(5,6)42-25-17-12-18-26-42)36-48(50)54(8,10-2)44-29-21-14-22-30-44/h11-36H,9-10,37-40H2,1-8H3. The first kappa shape index (κ1) is 45.2. The van der Waals surface area contributed by atoms with E-state index >= 15 is 0 Å². The molecule has 2 atom stereocenters. The third-order valence-corrected chi connectivity index (χ3v) is 16.1. The molecule has 8 rings (SSSR count). The Kier molecular flexibility index (Phi) is 13.4. The quantitative estimate of drug-likeness (QED) is 0.102. The lowest BCUT2D eigenvalue weighted by Crippen LogP contribution is -2.45. The topological polar surface area (TPSA) is 55.4 Å². The molecule has 6 aromatic rings. The molecule has 0 aliphatic carbocycles. The zero-order valence-corrected chi connectivity index (χ0v) is 39.9. The van der Waals surface area contributed by atoms with Gasteiger partial charge in [-0.3, -0.25) is 0 Å². The van der Waals surface area contributed by atoms with Crippen LogP contribution in [0.1, 0.15) is 113 Å². The van der Waals surface area contributed by atoms with Crippen molar-refractivity contribution in [2.45, 2.75) is 89.9 Å². The largest absolute Gasteiger partial charge is 0.426 e. The summed E-state index contributed by atoms with van der Waals surface area (Å²) in [6.45, 7) is 19.8. The fraction of sp³-hybridized carbons (Fsp3) is 0.345. The van der Waals surface area contributed by atoms with E-state index in [4.69, 9.17) is 27.1 Å². The Labute approximate surface area is 378 Å². The van der Waals surface area contributed by atoms with Crippen molar-refractivity contribution in [1.82, 2.24) is 0 Å². The maximum Gasteiger partial charge on any atom is 0.397 e. The maximum atomic E-state index is 6.74. The Balaban J connectivity index is 0.988. The van der Waals surface area contributed by atoms with Crippen LogP contribution in [-0.2, 0) is 39.8 Å². The predicted octanol–water partition coefficient (Wildman–Crippen LogP) is 14.8. The Morgan fingerprint density at radius 3 is 1.02 bits per heavy atom. The molecule has 328 valence electrons. The summed E-state index contributed by atoms with van der Waals surface area (Å²) < 4.78 is 39.2. The summed E-state index contributed by atoms with van der Waals surface area (Å²) >= 11 is 0. The summed E-state index contributed by atoms with van der Waals surface area (Å²) in [5.74, 6) is 1.55. The minimum Gasteiger partial charge on any atom is -0.426 e. The highest BCUT2D eigenvalue weighted by Gasteiger charge is 2.46. The van der Waals surface area contributed by atoms with Crippen LogP contribution < -0.4 is 9.05 Å². The van der Waals surface area contributed by atoms with Crippen molar-refractivity contribution in [3.8, 4) is 11.5 Å². The van der Waals surface area contributed by atoms with Crippen molar-refractivity contribution in [1.29, 1.82) is 0 Å². The van der Waals surface area contributed by atoms with Gasteiger partial charge in [-0.2, -0.15) is 0 Å². The van der Waals surface area contributed by atoms with Crippen LogP contribution in [0.3, 0.4) is 0 Å². The molecule has 2 aliphatic rings. The number of hydrogen-bond donors (Lipinski definition) is 0. The monoisotopic (exact) mass is 880 g/mol. The Hall–Kier alpha value is -4.38. The highest BCUT2D eigenvalue weighted by Crippen LogP contribution is 2.56. The molecule has 6 aromatic carbocycles.